The molecule has 8 nitrogen and oxygen atoms in total. The molecule has 4 N–H and O–H groups in total. The van der Waals surface area contributed by atoms with Crippen LogP contribution in [-0.4, -0.2) is 38.0 Å². The van der Waals surface area contributed by atoms with E-state index in [9.17, 15) is 23.1 Å². The predicted molar refractivity (Wildman–Crippen MR) is 96.2 cm³/mol. The highest BCUT2D eigenvalue weighted by atomic mass is 32.2. The van der Waals surface area contributed by atoms with E-state index in [2.05, 4.69) is 5.32 Å². The van der Waals surface area contributed by atoms with Crippen LogP contribution in [0.3, 0.4) is 0 Å². The van der Waals surface area contributed by atoms with E-state index in [1.165, 1.54) is 50.6 Å². The van der Waals surface area contributed by atoms with Gasteiger partial charge in [-0.1, -0.05) is 0 Å². The van der Waals surface area contributed by atoms with E-state index in [1.54, 1.807) is 0 Å². The predicted octanol–water partition coefficient (Wildman–Crippen LogP) is 1.40. The first-order valence-corrected chi connectivity index (χ1v) is 9.68. The van der Waals surface area contributed by atoms with E-state index in [0.717, 1.165) is 11.3 Å². The normalized spacial score (nSPS) is 11.8. The standard InChI is InChI=1S/C16H18N2O6S2/c1-16(2,21)15(20)18-11-7-10(24-3)4-5-12(11)26(22,23)13-6-9(8-25-13)14(17)19/h4-8,21H,1-3H3,(H2,17,19)(H,18,20). The molecule has 140 valence electrons. The molecule has 0 unspecified atom stereocenters. The number of methoxy groups -OCH3 is 1. The first kappa shape index (κ1) is 19.9. The molecule has 0 saturated heterocycles. The summed E-state index contributed by atoms with van der Waals surface area (Å²) in [7, 11) is -2.65. The van der Waals surface area contributed by atoms with Crippen LogP contribution < -0.4 is 15.8 Å². The Hall–Kier alpha value is -2.43. The summed E-state index contributed by atoms with van der Waals surface area (Å²) in [6.07, 6.45) is 0. The zero-order chi connectivity index (χ0) is 19.7. The number of ether oxygens (including phenoxy) is 1. The first-order valence-electron chi connectivity index (χ1n) is 7.32. The number of nitrogens with two attached hydrogens (primary N) is 1. The van der Waals surface area contributed by atoms with Crippen molar-refractivity contribution in [2.24, 2.45) is 5.73 Å². The van der Waals surface area contributed by atoms with Crippen LogP contribution in [0.15, 0.2) is 38.8 Å². The Labute approximate surface area is 154 Å². The van der Waals surface area contributed by atoms with Crippen LogP contribution in [0.5, 0.6) is 5.75 Å². The lowest BCUT2D eigenvalue weighted by Crippen LogP contribution is -2.37. The van der Waals surface area contributed by atoms with E-state index in [4.69, 9.17) is 10.5 Å². The van der Waals surface area contributed by atoms with Gasteiger partial charge in [0.15, 0.2) is 0 Å². The zero-order valence-electron chi connectivity index (χ0n) is 14.3. The molecule has 0 aliphatic heterocycles. The fraction of sp³-hybridized carbons (Fsp3) is 0.250. The number of carbonyl (C=O) groups excluding carboxylic acids is 2. The Morgan fingerprint density at radius 3 is 2.42 bits per heavy atom. The molecule has 1 aromatic heterocycles. The minimum atomic E-state index is -4.04. The van der Waals surface area contributed by atoms with Gasteiger partial charge in [-0.05, 0) is 32.0 Å². The van der Waals surface area contributed by atoms with Gasteiger partial charge < -0.3 is 20.9 Å². The molecular weight excluding hydrogens is 380 g/mol. The minimum absolute atomic E-state index is 0.0505. The first-order chi connectivity index (χ1) is 12.0. The van der Waals surface area contributed by atoms with Crippen LogP contribution >= 0.6 is 11.3 Å². The molecule has 1 heterocycles. The monoisotopic (exact) mass is 398 g/mol. The van der Waals surface area contributed by atoms with Gasteiger partial charge in [0, 0.05) is 11.4 Å². The van der Waals surface area contributed by atoms with Gasteiger partial charge >= 0.3 is 0 Å². The van der Waals surface area contributed by atoms with E-state index in [0.29, 0.717) is 5.75 Å². The number of carbonyl (C=O) groups is 2. The lowest BCUT2D eigenvalue weighted by molar-refractivity contribution is -0.130. The molecule has 10 heteroatoms. The van der Waals surface area contributed by atoms with Gasteiger partial charge in [-0.2, -0.15) is 0 Å². The molecule has 2 amide bonds. The smallest absolute Gasteiger partial charge is 0.255 e. The van der Waals surface area contributed by atoms with Crippen molar-refractivity contribution in [2.45, 2.75) is 28.6 Å². The van der Waals surface area contributed by atoms with Gasteiger partial charge in [0.05, 0.1) is 23.3 Å². The number of hydrogen-bond acceptors (Lipinski definition) is 7. The van der Waals surface area contributed by atoms with Gasteiger partial charge in [0.25, 0.3) is 5.91 Å². The second-order valence-corrected chi connectivity index (χ2v) is 8.95. The highest BCUT2D eigenvalue weighted by molar-refractivity contribution is 7.93. The second kappa shape index (κ2) is 7.06. The Morgan fingerprint density at radius 2 is 1.92 bits per heavy atom. The number of amides is 2. The molecule has 0 bridgehead atoms. The summed E-state index contributed by atoms with van der Waals surface area (Å²) in [5.74, 6) is -1.21. The fourth-order valence-electron chi connectivity index (χ4n) is 1.94. The summed E-state index contributed by atoms with van der Waals surface area (Å²) in [5.41, 5.74) is 3.47. The quantitative estimate of drug-likeness (QED) is 0.673. The Morgan fingerprint density at radius 1 is 1.27 bits per heavy atom. The number of nitrogens with one attached hydrogen (secondary N) is 1. The highest BCUT2D eigenvalue weighted by Gasteiger charge is 2.29. The third-order valence-electron chi connectivity index (χ3n) is 3.40. The van der Waals surface area contributed by atoms with Crippen molar-refractivity contribution in [1.29, 1.82) is 0 Å². The lowest BCUT2D eigenvalue weighted by Gasteiger charge is -2.19. The molecule has 1 aromatic carbocycles. The van der Waals surface area contributed by atoms with Crippen LogP contribution in [0.1, 0.15) is 24.2 Å². The van der Waals surface area contributed by atoms with Crippen LogP contribution in [0.2, 0.25) is 0 Å². The van der Waals surface area contributed by atoms with Gasteiger partial charge in [-0.25, -0.2) is 8.42 Å². The summed E-state index contributed by atoms with van der Waals surface area (Å²) >= 11 is 0.841. The molecule has 0 aliphatic rings. The molecule has 2 aromatic rings. The third kappa shape index (κ3) is 4.03. The van der Waals surface area contributed by atoms with Crippen LogP contribution in [0.25, 0.3) is 0 Å². The van der Waals surface area contributed by atoms with Gasteiger partial charge in [0.1, 0.15) is 15.6 Å². The number of benzene rings is 1. The fourth-order valence-corrected chi connectivity index (χ4v) is 4.63. The Kier molecular flexibility index (Phi) is 5.40. The van der Waals surface area contributed by atoms with Crippen molar-refractivity contribution in [2.75, 3.05) is 12.4 Å². The van der Waals surface area contributed by atoms with Crippen LogP contribution in [0, 0.1) is 0 Å². The summed E-state index contributed by atoms with van der Waals surface area (Å²) < 4.78 is 30.8. The topological polar surface area (TPSA) is 136 Å². The van der Waals surface area contributed by atoms with Crippen molar-refractivity contribution < 1.29 is 27.9 Å². The molecule has 2 rings (SSSR count). The van der Waals surface area contributed by atoms with Crippen molar-refractivity contribution in [3.63, 3.8) is 0 Å². The lowest BCUT2D eigenvalue weighted by atomic mass is 10.1. The van der Waals surface area contributed by atoms with E-state index in [1.807, 2.05) is 0 Å². The maximum Gasteiger partial charge on any atom is 0.255 e. The van der Waals surface area contributed by atoms with Crippen molar-refractivity contribution in [1.82, 2.24) is 0 Å². The van der Waals surface area contributed by atoms with E-state index in [-0.39, 0.29) is 20.4 Å². The largest absolute Gasteiger partial charge is 0.497 e. The Bertz CT molecular complexity index is 957. The molecular formula is C16H18N2O6S2. The number of thiophene rings is 1. The van der Waals surface area contributed by atoms with Crippen LogP contribution in [0.4, 0.5) is 5.69 Å². The van der Waals surface area contributed by atoms with Crippen LogP contribution in [-0.2, 0) is 14.6 Å². The van der Waals surface area contributed by atoms with Crippen molar-refractivity contribution in [3.05, 3.63) is 35.2 Å². The molecule has 0 aliphatic carbocycles. The molecule has 0 spiro atoms. The number of sulfone groups is 1. The summed E-state index contributed by atoms with van der Waals surface area (Å²) in [4.78, 5) is 23.1. The zero-order valence-corrected chi connectivity index (χ0v) is 15.9. The number of hydrogen-bond donors (Lipinski definition) is 3. The van der Waals surface area contributed by atoms with E-state index < -0.39 is 27.3 Å². The van der Waals surface area contributed by atoms with Crippen molar-refractivity contribution in [3.8, 4) is 5.75 Å². The number of anilines is 1. The minimum Gasteiger partial charge on any atom is -0.497 e. The number of aliphatic hydroxyl groups is 1. The molecule has 0 fully saturated rings. The average Bonchev–Trinajstić information content (AvgIpc) is 3.04. The maximum atomic E-state index is 12.9. The van der Waals surface area contributed by atoms with Gasteiger partial charge in [0.2, 0.25) is 15.7 Å². The van der Waals surface area contributed by atoms with Crippen molar-refractivity contribution >= 4 is 38.7 Å². The second-order valence-electron chi connectivity index (χ2n) is 5.90. The van der Waals surface area contributed by atoms with Gasteiger partial charge in [-0.15, -0.1) is 11.3 Å². The summed E-state index contributed by atoms with van der Waals surface area (Å²) in [6.45, 7) is 2.55. The highest BCUT2D eigenvalue weighted by Crippen LogP contribution is 2.34. The Balaban J connectivity index is 2.56. The maximum absolute atomic E-state index is 12.9. The summed E-state index contributed by atoms with van der Waals surface area (Å²) in [6, 6.07) is 5.21. The SMILES string of the molecule is COc1ccc(S(=O)(=O)c2cc(C(N)=O)cs2)c(NC(=O)C(C)(C)O)c1. The van der Waals surface area contributed by atoms with Gasteiger partial charge in [-0.3, -0.25) is 9.59 Å². The third-order valence-corrected chi connectivity index (χ3v) is 6.66. The molecule has 0 radical (unpaired) electrons. The average molecular weight is 398 g/mol. The number of primary amides is 1. The summed E-state index contributed by atoms with van der Waals surface area (Å²) in [5, 5.41) is 13.5. The molecule has 0 atom stereocenters. The molecule has 26 heavy (non-hydrogen) atoms. The number of rotatable bonds is 6. The van der Waals surface area contributed by atoms with E-state index >= 15 is 0 Å². The molecule has 0 saturated carbocycles.